The highest BCUT2D eigenvalue weighted by molar-refractivity contribution is 7.71. The minimum Gasteiger partial charge on any atom is -0.497 e. The van der Waals surface area contributed by atoms with Crippen LogP contribution in [-0.4, -0.2) is 34.7 Å². The maximum atomic E-state index is 13.3. The third-order valence-corrected chi connectivity index (χ3v) is 5.25. The Morgan fingerprint density at radius 2 is 2.00 bits per heavy atom. The number of hydrogen-bond acceptors (Lipinski definition) is 6. The van der Waals surface area contributed by atoms with Gasteiger partial charge in [0.25, 0.3) is 11.5 Å². The highest BCUT2D eigenvalue weighted by Gasteiger charge is 2.15. The monoisotopic (exact) mass is 448 g/mol. The predicted molar refractivity (Wildman–Crippen MR) is 123 cm³/mol. The summed E-state index contributed by atoms with van der Waals surface area (Å²) in [5.74, 6) is 0.759. The summed E-state index contributed by atoms with van der Waals surface area (Å²) in [4.78, 5) is 32.9. The van der Waals surface area contributed by atoms with Gasteiger partial charge in [0, 0.05) is 30.6 Å². The number of H-pyrrole nitrogens is 1. The maximum Gasteiger partial charge on any atom is 0.266 e. The number of benzene rings is 2. The van der Waals surface area contributed by atoms with Crippen molar-refractivity contribution in [3.05, 3.63) is 87.2 Å². The van der Waals surface area contributed by atoms with Crippen LogP contribution in [0.15, 0.2) is 65.7 Å². The molecule has 0 aliphatic heterocycles. The van der Waals surface area contributed by atoms with Gasteiger partial charge in [0.15, 0.2) is 4.77 Å². The second-order valence-electron chi connectivity index (χ2n) is 6.91. The van der Waals surface area contributed by atoms with Crippen molar-refractivity contribution in [1.29, 1.82) is 0 Å². The Kier molecular flexibility index (Phi) is 6.00. The second kappa shape index (κ2) is 9.03. The molecule has 0 saturated carbocycles. The first-order chi connectivity index (χ1) is 15.5. The molecule has 32 heavy (non-hydrogen) atoms. The first-order valence-corrected chi connectivity index (χ1v) is 10.1. The van der Waals surface area contributed by atoms with E-state index in [-0.39, 0.29) is 16.2 Å². The summed E-state index contributed by atoms with van der Waals surface area (Å²) in [5.41, 5.74) is 1.88. The zero-order valence-corrected chi connectivity index (χ0v) is 18.2. The molecule has 2 N–H and O–H groups in total. The summed E-state index contributed by atoms with van der Waals surface area (Å²) in [6.07, 6.45) is 3.36. The Balaban J connectivity index is 1.72. The third-order valence-electron chi connectivity index (χ3n) is 4.96. The van der Waals surface area contributed by atoms with Crippen LogP contribution in [0.4, 0.5) is 0 Å². The lowest BCUT2D eigenvalue weighted by Gasteiger charge is -2.14. The zero-order chi connectivity index (χ0) is 22.7. The third kappa shape index (κ3) is 4.10. The van der Waals surface area contributed by atoms with Crippen LogP contribution in [0, 0.1) is 4.77 Å². The lowest BCUT2D eigenvalue weighted by atomic mass is 10.1. The normalized spacial score (nSPS) is 10.7. The topological polar surface area (TPSA) is 98.2 Å². The molecule has 0 aliphatic carbocycles. The Bertz CT molecular complexity index is 1410. The minimum absolute atomic E-state index is 0.168. The Hall–Kier alpha value is -3.98. The van der Waals surface area contributed by atoms with Crippen molar-refractivity contribution in [1.82, 2.24) is 19.9 Å². The maximum absolute atomic E-state index is 13.3. The molecule has 0 radical (unpaired) electrons. The molecule has 9 heteroatoms. The van der Waals surface area contributed by atoms with Crippen molar-refractivity contribution < 1.29 is 14.3 Å². The highest BCUT2D eigenvalue weighted by atomic mass is 32.1. The molecule has 0 bridgehead atoms. The van der Waals surface area contributed by atoms with Crippen LogP contribution < -0.4 is 20.3 Å². The van der Waals surface area contributed by atoms with Crippen molar-refractivity contribution in [2.75, 3.05) is 14.2 Å². The molecular formula is C23H20N4O4S. The van der Waals surface area contributed by atoms with Gasteiger partial charge >= 0.3 is 0 Å². The summed E-state index contributed by atoms with van der Waals surface area (Å²) in [6.45, 7) is 0.345. The van der Waals surface area contributed by atoms with Crippen LogP contribution in [0.3, 0.4) is 0 Å². The molecule has 0 atom stereocenters. The summed E-state index contributed by atoms with van der Waals surface area (Å²) < 4.78 is 12.2. The summed E-state index contributed by atoms with van der Waals surface area (Å²) >= 11 is 5.46. The van der Waals surface area contributed by atoms with E-state index in [0.717, 1.165) is 5.56 Å². The van der Waals surface area contributed by atoms with Crippen molar-refractivity contribution >= 4 is 29.0 Å². The minimum atomic E-state index is -0.336. The Morgan fingerprint density at radius 3 is 2.72 bits per heavy atom. The van der Waals surface area contributed by atoms with E-state index >= 15 is 0 Å². The van der Waals surface area contributed by atoms with E-state index in [1.165, 1.54) is 18.8 Å². The molecule has 1 amide bonds. The number of carbonyl (C=O) groups excluding carboxylic acids is 1. The predicted octanol–water partition coefficient (Wildman–Crippen LogP) is 3.39. The van der Waals surface area contributed by atoms with Crippen LogP contribution in [0.2, 0.25) is 0 Å². The lowest BCUT2D eigenvalue weighted by molar-refractivity contribution is 0.0951. The molecule has 4 aromatic rings. The smallest absolute Gasteiger partial charge is 0.266 e. The van der Waals surface area contributed by atoms with Gasteiger partial charge in [-0.25, -0.2) is 4.57 Å². The number of rotatable bonds is 6. The van der Waals surface area contributed by atoms with E-state index in [4.69, 9.17) is 21.7 Å². The van der Waals surface area contributed by atoms with Gasteiger partial charge in [-0.3, -0.25) is 14.6 Å². The van der Waals surface area contributed by atoms with Gasteiger partial charge in [0.1, 0.15) is 11.5 Å². The van der Waals surface area contributed by atoms with Gasteiger partial charge in [-0.1, -0.05) is 6.07 Å². The first kappa shape index (κ1) is 21.3. The summed E-state index contributed by atoms with van der Waals surface area (Å²) in [5, 5.41) is 3.22. The average molecular weight is 449 g/mol. The number of nitrogens with one attached hydrogen (secondary N) is 2. The Morgan fingerprint density at radius 1 is 1.16 bits per heavy atom. The fourth-order valence-corrected chi connectivity index (χ4v) is 3.63. The molecular weight excluding hydrogens is 428 g/mol. The van der Waals surface area contributed by atoms with Crippen LogP contribution in [-0.2, 0) is 6.54 Å². The number of fused-ring (bicyclic) bond motifs is 1. The molecule has 0 unspecified atom stereocenters. The van der Waals surface area contributed by atoms with Gasteiger partial charge in [-0.05, 0) is 54.2 Å². The average Bonchev–Trinajstić information content (AvgIpc) is 2.82. The van der Waals surface area contributed by atoms with Gasteiger partial charge in [0.05, 0.1) is 30.8 Å². The summed E-state index contributed by atoms with van der Waals surface area (Å²) in [7, 11) is 3.05. The van der Waals surface area contributed by atoms with E-state index in [1.807, 2.05) is 6.07 Å². The number of ether oxygens (including phenoxy) is 2. The number of nitrogens with zero attached hydrogens (tertiary/aromatic N) is 2. The van der Waals surface area contributed by atoms with Gasteiger partial charge in [-0.2, -0.15) is 0 Å². The highest BCUT2D eigenvalue weighted by Crippen LogP contribution is 2.27. The SMILES string of the molecule is COc1ccc(OC)c(-n2c(=S)[nH]c3cc(C(=O)NCc4cccnc4)ccc3c2=O)c1. The zero-order valence-electron chi connectivity index (χ0n) is 17.4. The fraction of sp³-hybridized carbons (Fsp3) is 0.130. The van der Waals surface area contributed by atoms with Crippen molar-refractivity contribution in [3.63, 3.8) is 0 Å². The van der Waals surface area contributed by atoms with Gasteiger partial charge < -0.3 is 19.8 Å². The lowest BCUT2D eigenvalue weighted by Crippen LogP contribution is -2.24. The number of aromatic amines is 1. The molecule has 162 valence electrons. The number of amides is 1. The Labute approximate surface area is 188 Å². The molecule has 2 heterocycles. The van der Waals surface area contributed by atoms with E-state index in [1.54, 1.807) is 54.9 Å². The first-order valence-electron chi connectivity index (χ1n) is 9.70. The molecule has 2 aromatic heterocycles. The van der Waals surface area contributed by atoms with Crippen LogP contribution in [0.1, 0.15) is 15.9 Å². The molecule has 2 aromatic carbocycles. The van der Waals surface area contributed by atoms with Gasteiger partial charge in [-0.15, -0.1) is 0 Å². The standard InChI is InChI=1S/C23H20N4O4S/c1-30-16-6-8-20(31-2)19(11-16)27-22(29)17-7-5-15(10-18(17)26-23(27)32)21(28)25-13-14-4-3-9-24-12-14/h3-12H,13H2,1-2H3,(H,25,28)(H,26,32). The number of carbonyl (C=O) groups is 1. The van der Waals surface area contributed by atoms with Crippen molar-refractivity contribution in [2.24, 2.45) is 0 Å². The van der Waals surface area contributed by atoms with E-state index < -0.39 is 0 Å². The van der Waals surface area contributed by atoms with Crippen LogP contribution >= 0.6 is 12.2 Å². The number of methoxy groups -OCH3 is 2. The quantitative estimate of drug-likeness (QED) is 0.439. The number of hydrogen-bond donors (Lipinski definition) is 2. The van der Waals surface area contributed by atoms with Crippen molar-refractivity contribution in [2.45, 2.75) is 6.54 Å². The fourth-order valence-electron chi connectivity index (χ4n) is 3.34. The molecule has 0 aliphatic rings. The molecule has 4 rings (SSSR count). The van der Waals surface area contributed by atoms with Crippen molar-refractivity contribution in [3.8, 4) is 17.2 Å². The number of aromatic nitrogens is 3. The summed E-state index contributed by atoms with van der Waals surface area (Å²) in [6, 6.07) is 13.6. The van der Waals surface area contributed by atoms with E-state index in [9.17, 15) is 9.59 Å². The molecule has 0 fully saturated rings. The molecule has 0 spiro atoms. The van der Waals surface area contributed by atoms with Crippen LogP contribution in [0.25, 0.3) is 16.6 Å². The van der Waals surface area contributed by atoms with E-state index in [2.05, 4.69) is 15.3 Å². The van der Waals surface area contributed by atoms with Gasteiger partial charge in [0.2, 0.25) is 0 Å². The number of pyridine rings is 1. The largest absolute Gasteiger partial charge is 0.497 e. The molecule has 8 nitrogen and oxygen atoms in total. The molecule has 0 saturated heterocycles. The van der Waals surface area contributed by atoms with E-state index in [0.29, 0.717) is 40.2 Å². The second-order valence-corrected chi connectivity index (χ2v) is 7.30. The van der Waals surface area contributed by atoms with Crippen LogP contribution in [0.5, 0.6) is 11.5 Å².